The Kier molecular flexibility index (Phi) is 16.3. The molecule has 7 heteroatoms. The van der Waals surface area contributed by atoms with Gasteiger partial charge in [-0.2, -0.15) is 11.8 Å². The van der Waals surface area contributed by atoms with Gasteiger partial charge in [0.2, 0.25) is 0 Å². The number of pyridine rings is 1. The molecule has 0 aliphatic heterocycles. The molecule has 0 saturated carbocycles. The van der Waals surface area contributed by atoms with E-state index in [4.69, 9.17) is 0 Å². The van der Waals surface area contributed by atoms with Gasteiger partial charge in [-0.3, -0.25) is 4.79 Å². The van der Waals surface area contributed by atoms with Crippen molar-refractivity contribution in [2.75, 3.05) is 28.8 Å². The van der Waals surface area contributed by atoms with Crippen molar-refractivity contribution in [3.63, 3.8) is 0 Å². The first kappa shape index (κ1) is 33.9. The van der Waals surface area contributed by atoms with Gasteiger partial charge >= 0.3 is 0 Å². The van der Waals surface area contributed by atoms with Crippen LogP contribution in [0.2, 0.25) is 0 Å². The Hall–Kier alpha value is -2.12. The highest BCUT2D eigenvalue weighted by atomic mass is 32.2. The third-order valence-electron chi connectivity index (χ3n) is 6.01. The highest BCUT2D eigenvalue weighted by Crippen LogP contribution is 2.16. The number of aryl methyl sites for hydroxylation is 1. The van der Waals surface area contributed by atoms with E-state index in [9.17, 15) is 13.2 Å². The lowest BCUT2D eigenvalue weighted by molar-refractivity contribution is -0.117. The number of carbonyl (C=O) groups excluding carboxylic acids is 1. The van der Waals surface area contributed by atoms with E-state index < -0.39 is 21.6 Å². The van der Waals surface area contributed by atoms with E-state index in [1.54, 1.807) is 18.0 Å². The maximum absolute atomic E-state index is 12.6. The molecule has 0 amide bonds. The van der Waals surface area contributed by atoms with Gasteiger partial charge in [-0.25, -0.2) is 13.4 Å². The van der Waals surface area contributed by atoms with Crippen LogP contribution < -0.4 is 5.32 Å². The second kappa shape index (κ2) is 18.2. The summed E-state index contributed by atoms with van der Waals surface area (Å²) >= 11 is 1.62. The third-order valence-corrected chi connectivity index (χ3v) is 7.80. The molecule has 1 rings (SSSR count). The third kappa shape index (κ3) is 17.4. The maximum atomic E-state index is 12.6. The van der Waals surface area contributed by atoms with E-state index in [0.717, 1.165) is 56.1 Å². The number of ketones is 1. The van der Waals surface area contributed by atoms with Crippen LogP contribution in [0.4, 0.5) is 5.82 Å². The second-order valence-corrected chi connectivity index (χ2v) is 13.8. The van der Waals surface area contributed by atoms with Crippen LogP contribution in [0, 0.1) is 6.92 Å². The number of Topliss-reactive ketones (excluding diaryl/α,β-unsaturated/α-hetero) is 1. The highest BCUT2D eigenvalue weighted by molar-refractivity contribution is 7.99. The average molecular weight is 561 g/mol. The maximum Gasteiger partial charge on any atom is 0.170 e. The van der Waals surface area contributed by atoms with Crippen molar-refractivity contribution in [2.24, 2.45) is 0 Å². The van der Waals surface area contributed by atoms with Crippen molar-refractivity contribution in [1.82, 2.24) is 4.98 Å². The van der Waals surface area contributed by atoms with Crippen LogP contribution in [-0.4, -0.2) is 48.7 Å². The van der Waals surface area contributed by atoms with Crippen LogP contribution in [0.3, 0.4) is 0 Å². The molecular weight excluding hydrogens is 512 g/mol. The molecule has 0 radical (unpaired) electrons. The lowest BCUT2D eigenvalue weighted by atomic mass is 10.0. The Morgan fingerprint density at radius 2 is 1.47 bits per heavy atom. The molecule has 38 heavy (non-hydrogen) atoms. The zero-order valence-electron chi connectivity index (χ0n) is 24.5. The van der Waals surface area contributed by atoms with Gasteiger partial charge in [0.25, 0.3) is 0 Å². The molecule has 0 spiro atoms. The molecule has 1 atom stereocenters. The summed E-state index contributed by atoms with van der Waals surface area (Å²) in [5.41, 5.74) is 6.63. The fraction of sp³-hybridized carbons (Fsp3) is 0.548. The Bertz CT molecular complexity index is 1090. The van der Waals surface area contributed by atoms with Crippen LogP contribution in [0.15, 0.2) is 64.9 Å². The quantitative estimate of drug-likeness (QED) is 0.147. The van der Waals surface area contributed by atoms with Crippen molar-refractivity contribution < 1.29 is 13.2 Å². The molecule has 1 heterocycles. The van der Waals surface area contributed by atoms with Gasteiger partial charge in [0.05, 0.1) is 6.04 Å². The van der Waals surface area contributed by atoms with Gasteiger partial charge in [-0.15, -0.1) is 0 Å². The molecule has 0 fully saturated rings. The van der Waals surface area contributed by atoms with E-state index in [-0.39, 0.29) is 5.78 Å². The zero-order valence-corrected chi connectivity index (χ0v) is 26.1. The van der Waals surface area contributed by atoms with E-state index in [1.807, 2.05) is 19.1 Å². The molecule has 0 aliphatic rings. The van der Waals surface area contributed by atoms with E-state index in [1.165, 1.54) is 22.3 Å². The number of hydrogen-bond acceptors (Lipinski definition) is 6. The largest absolute Gasteiger partial charge is 0.359 e. The Morgan fingerprint density at radius 3 is 1.97 bits per heavy atom. The van der Waals surface area contributed by atoms with Crippen LogP contribution >= 0.6 is 11.8 Å². The summed E-state index contributed by atoms with van der Waals surface area (Å²) in [6, 6.07) is 3.12. The standard InChI is InChI=1S/C31H48N2O3S2/c1-24(2)11-8-12-25(3)13-9-14-26(4)15-10-16-27(5)19-20-37-22-29(30(34)23-38(7,35)36)33-31-18-17-28(6)21-32-31/h11,13,15,17-19,21,29H,8-10,12,14,16,20,22-23H2,1-7H3,(H,32,33)/b25-13+,26-15+,27-19+. The van der Waals surface area contributed by atoms with Crippen molar-refractivity contribution in [3.8, 4) is 0 Å². The summed E-state index contributed by atoms with van der Waals surface area (Å²) in [6.07, 6.45) is 18.5. The number of rotatable bonds is 18. The van der Waals surface area contributed by atoms with Gasteiger partial charge in [0, 0.05) is 24.0 Å². The van der Waals surface area contributed by atoms with Gasteiger partial charge in [-0.05, 0) is 91.7 Å². The first-order chi connectivity index (χ1) is 17.9. The SMILES string of the molecule is CC(C)=CCC/C(C)=C/CC/C(C)=C/CC/C(C)=C/CSCC(Nc1ccc(C)cn1)C(=O)CS(C)(=O)=O. The van der Waals surface area contributed by atoms with Crippen molar-refractivity contribution in [2.45, 2.75) is 86.1 Å². The molecule has 0 saturated heterocycles. The Morgan fingerprint density at radius 1 is 0.921 bits per heavy atom. The number of nitrogens with zero attached hydrogens (tertiary/aromatic N) is 1. The minimum atomic E-state index is -3.39. The van der Waals surface area contributed by atoms with Crippen LogP contribution in [-0.2, 0) is 14.6 Å². The van der Waals surface area contributed by atoms with Crippen molar-refractivity contribution >= 4 is 33.2 Å². The second-order valence-electron chi connectivity index (χ2n) is 10.5. The summed E-state index contributed by atoms with van der Waals surface area (Å²) in [5.74, 6) is 1.03. The summed E-state index contributed by atoms with van der Waals surface area (Å²) in [5, 5.41) is 3.12. The first-order valence-corrected chi connectivity index (χ1v) is 16.6. The lowest BCUT2D eigenvalue weighted by Crippen LogP contribution is -2.36. The number of allylic oxidation sites excluding steroid dienone is 7. The summed E-state index contributed by atoms with van der Waals surface area (Å²) in [4.78, 5) is 16.9. The summed E-state index contributed by atoms with van der Waals surface area (Å²) < 4.78 is 23.3. The molecule has 212 valence electrons. The fourth-order valence-electron chi connectivity index (χ4n) is 3.68. The number of anilines is 1. The number of hydrogen-bond donors (Lipinski definition) is 1. The molecule has 1 N–H and O–H groups in total. The first-order valence-electron chi connectivity index (χ1n) is 13.4. The molecular formula is C31H48N2O3S2. The van der Waals surface area contributed by atoms with Gasteiger partial charge in [0.1, 0.15) is 11.6 Å². The highest BCUT2D eigenvalue weighted by Gasteiger charge is 2.22. The number of nitrogens with one attached hydrogen (secondary N) is 1. The Balaban J connectivity index is 2.48. The number of sulfone groups is 1. The van der Waals surface area contributed by atoms with Gasteiger partial charge in [0.15, 0.2) is 15.6 Å². The van der Waals surface area contributed by atoms with Crippen molar-refractivity contribution in [3.05, 3.63) is 70.5 Å². The summed E-state index contributed by atoms with van der Waals surface area (Å²) in [7, 11) is -3.39. The number of thioether (sulfide) groups is 1. The smallest absolute Gasteiger partial charge is 0.170 e. The lowest BCUT2D eigenvalue weighted by Gasteiger charge is -2.17. The van der Waals surface area contributed by atoms with Crippen LogP contribution in [0.25, 0.3) is 0 Å². The molecule has 1 aromatic heterocycles. The van der Waals surface area contributed by atoms with Crippen LogP contribution in [0.5, 0.6) is 0 Å². The zero-order chi connectivity index (χ0) is 28.6. The van der Waals surface area contributed by atoms with Crippen LogP contribution in [0.1, 0.15) is 78.7 Å². The van der Waals surface area contributed by atoms with E-state index in [2.05, 4.69) is 69.2 Å². The molecule has 1 unspecified atom stereocenters. The molecule has 0 aliphatic carbocycles. The number of aromatic nitrogens is 1. The van der Waals surface area contributed by atoms with E-state index in [0.29, 0.717) is 11.6 Å². The minimum Gasteiger partial charge on any atom is -0.359 e. The fourth-order valence-corrected chi connectivity index (χ4v) is 5.44. The molecule has 5 nitrogen and oxygen atoms in total. The predicted octanol–water partition coefficient (Wildman–Crippen LogP) is 7.66. The normalized spacial score (nSPS) is 13.8. The topological polar surface area (TPSA) is 76.1 Å². The van der Waals surface area contributed by atoms with E-state index >= 15 is 0 Å². The molecule has 1 aromatic rings. The number of carbonyl (C=O) groups is 1. The molecule has 0 bridgehead atoms. The van der Waals surface area contributed by atoms with Gasteiger partial charge in [-0.1, -0.05) is 52.7 Å². The Labute approximate surface area is 236 Å². The monoisotopic (exact) mass is 560 g/mol. The minimum absolute atomic E-state index is 0.332. The van der Waals surface area contributed by atoms with Gasteiger partial charge < -0.3 is 5.32 Å². The molecule has 0 aromatic carbocycles. The predicted molar refractivity (Wildman–Crippen MR) is 167 cm³/mol. The average Bonchev–Trinajstić information content (AvgIpc) is 2.81. The van der Waals surface area contributed by atoms with Crippen molar-refractivity contribution in [1.29, 1.82) is 0 Å². The summed E-state index contributed by atoms with van der Waals surface area (Å²) in [6.45, 7) is 12.8.